The lowest BCUT2D eigenvalue weighted by Crippen LogP contribution is -2.42. The molecule has 17 heteroatoms. The Bertz CT molecular complexity index is 2530. The lowest BCUT2D eigenvalue weighted by molar-refractivity contribution is -0.129. The van der Waals surface area contributed by atoms with Gasteiger partial charge in [-0.15, -0.1) is 11.3 Å². The number of anilines is 4. The lowest BCUT2D eigenvalue weighted by Gasteiger charge is -2.33. The number of piperidine rings is 1. The van der Waals surface area contributed by atoms with Crippen LogP contribution in [0.3, 0.4) is 0 Å². The van der Waals surface area contributed by atoms with Gasteiger partial charge in [-0.05, 0) is 99.4 Å². The summed E-state index contributed by atoms with van der Waals surface area (Å²) < 4.78 is 33.2. The molecule has 358 valence electrons. The summed E-state index contributed by atoms with van der Waals surface area (Å²) in [4.78, 5) is 49.7. The summed E-state index contributed by atoms with van der Waals surface area (Å²) in [5.41, 5.74) is 7.62. The van der Waals surface area contributed by atoms with Gasteiger partial charge in [-0.25, -0.2) is 13.8 Å². The van der Waals surface area contributed by atoms with E-state index < -0.39 is 6.43 Å². The number of alkyl halides is 2. The van der Waals surface area contributed by atoms with Gasteiger partial charge in [-0.3, -0.25) is 34.0 Å². The van der Waals surface area contributed by atoms with Crippen LogP contribution in [0.15, 0.2) is 48.9 Å². The molecule has 0 radical (unpaired) electrons. The van der Waals surface area contributed by atoms with Crippen LogP contribution in [-0.4, -0.2) is 97.9 Å². The molecule has 0 unspecified atom stereocenters. The van der Waals surface area contributed by atoms with E-state index in [0.29, 0.717) is 61.0 Å². The van der Waals surface area contributed by atoms with Gasteiger partial charge in [0, 0.05) is 116 Å². The standard InChI is InChI=1S/C50H65F2N11O3S/c1-33-25-38(14-15-40(33)49(66)57-50-55-28-34(2)67-50)53-19-10-8-6-5-7-9-11-20-54-46(65)32-60-22-16-39(17-23-60)63-44-18-24-61(35(3)64)31-43(44)48(58-63)62-21-12-13-36-26-41(37-29-56-59(4)30-37)42(47(51)52)27-45(36)62/h14-15,25-30,39,47,53H,5-13,16-24,31-32H2,1-4H3,(H,54,65)(H,55,57,66). The van der Waals surface area contributed by atoms with E-state index in [1.807, 2.05) is 43.0 Å². The van der Waals surface area contributed by atoms with Crippen LogP contribution in [0.5, 0.6) is 0 Å². The van der Waals surface area contributed by atoms with Crippen molar-refractivity contribution in [3.8, 4) is 11.1 Å². The number of hydrogen-bond acceptors (Lipinski definition) is 10. The molecule has 8 rings (SSSR count). The van der Waals surface area contributed by atoms with Gasteiger partial charge in [-0.1, -0.05) is 32.1 Å². The van der Waals surface area contributed by atoms with E-state index in [4.69, 9.17) is 5.10 Å². The fraction of sp³-hybridized carbons (Fsp3) is 0.520. The highest BCUT2D eigenvalue weighted by Crippen LogP contribution is 2.44. The molecule has 14 nitrogen and oxygen atoms in total. The zero-order chi connectivity index (χ0) is 47.0. The van der Waals surface area contributed by atoms with Crippen molar-refractivity contribution in [3.05, 3.63) is 87.3 Å². The number of nitrogens with one attached hydrogen (secondary N) is 3. The molecule has 0 saturated carbocycles. The lowest BCUT2D eigenvalue weighted by atomic mass is 9.92. The molecular formula is C50H65F2N11O3S. The van der Waals surface area contributed by atoms with Gasteiger partial charge < -0.3 is 20.4 Å². The number of thiazole rings is 1. The van der Waals surface area contributed by atoms with Crippen molar-refractivity contribution in [2.45, 2.75) is 117 Å². The molecule has 1 saturated heterocycles. The van der Waals surface area contributed by atoms with Crippen molar-refractivity contribution < 1.29 is 23.2 Å². The maximum atomic E-state index is 14.7. The number of carbonyl (C=O) groups excluding carboxylic acids is 3. The van der Waals surface area contributed by atoms with Crippen LogP contribution in [0.25, 0.3) is 11.1 Å². The highest BCUT2D eigenvalue weighted by molar-refractivity contribution is 7.15. The topological polar surface area (TPSA) is 146 Å². The minimum Gasteiger partial charge on any atom is -0.385 e. The highest BCUT2D eigenvalue weighted by Gasteiger charge is 2.35. The van der Waals surface area contributed by atoms with Gasteiger partial charge in [-0.2, -0.15) is 10.2 Å². The number of aromatic nitrogens is 5. The molecule has 0 aliphatic carbocycles. The van der Waals surface area contributed by atoms with Crippen molar-refractivity contribution in [1.82, 2.24) is 39.7 Å². The molecule has 3 aliphatic rings. The number of likely N-dealkylation sites (tertiary alicyclic amines) is 1. The third-order valence-electron chi connectivity index (χ3n) is 13.5. The van der Waals surface area contributed by atoms with Crippen molar-refractivity contribution in [1.29, 1.82) is 0 Å². The molecule has 67 heavy (non-hydrogen) atoms. The van der Waals surface area contributed by atoms with Crippen LogP contribution in [0.1, 0.15) is 127 Å². The molecule has 3 amide bonds. The second kappa shape index (κ2) is 22.0. The number of fused-ring (bicyclic) bond motifs is 2. The van der Waals surface area contributed by atoms with E-state index in [9.17, 15) is 23.2 Å². The Hall–Kier alpha value is -5.68. The Balaban J connectivity index is 0.756. The number of unbranched alkanes of at least 4 members (excludes halogenated alkanes) is 6. The summed E-state index contributed by atoms with van der Waals surface area (Å²) >= 11 is 1.46. The second-order valence-electron chi connectivity index (χ2n) is 18.4. The quantitative estimate of drug-likeness (QED) is 0.0691. The second-order valence-corrected chi connectivity index (χ2v) is 19.7. The van der Waals surface area contributed by atoms with Crippen LogP contribution in [0.2, 0.25) is 0 Å². The molecule has 1 fully saturated rings. The Kier molecular flexibility index (Phi) is 15.7. The fourth-order valence-electron chi connectivity index (χ4n) is 9.86. The van der Waals surface area contributed by atoms with Crippen molar-refractivity contribution in [2.75, 3.05) is 61.3 Å². The Morgan fingerprint density at radius 1 is 0.910 bits per heavy atom. The molecule has 6 heterocycles. The average molecular weight is 938 g/mol. The molecule has 3 N–H and O–H groups in total. The van der Waals surface area contributed by atoms with Gasteiger partial charge in [0.1, 0.15) is 0 Å². The van der Waals surface area contributed by atoms with Crippen LogP contribution in [0.4, 0.5) is 31.1 Å². The number of benzene rings is 2. The highest BCUT2D eigenvalue weighted by atomic mass is 32.1. The number of amides is 3. The number of nitrogens with zero attached hydrogens (tertiary/aromatic N) is 8. The minimum absolute atomic E-state index is 0.00926. The minimum atomic E-state index is -2.66. The zero-order valence-electron chi connectivity index (χ0n) is 39.4. The summed E-state index contributed by atoms with van der Waals surface area (Å²) in [5.74, 6) is 0.685. The van der Waals surface area contributed by atoms with Crippen molar-refractivity contribution in [3.63, 3.8) is 0 Å². The van der Waals surface area contributed by atoms with E-state index in [0.717, 1.165) is 122 Å². The van der Waals surface area contributed by atoms with E-state index in [-0.39, 0.29) is 29.3 Å². The van der Waals surface area contributed by atoms with E-state index in [1.54, 1.807) is 43.3 Å². The first-order chi connectivity index (χ1) is 32.4. The summed E-state index contributed by atoms with van der Waals surface area (Å²) in [6.45, 7) is 10.7. The largest absolute Gasteiger partial charge is 0.385 e. The molecule has 3 aliphatic heterocycles. The van der Waals surface area contributed by atoms with Crippen LogP contribution in [0, 0.1) is 13.8 Å². The molecule has 0 atom stereocenters. The normalized spacial score (nSPS) is 15.4. The smallest absolute Gasteiger partial charge is 0.264 e. The molecule has 5 aromatic rings. The third kappa shape index (κ3) is 11.7. The average Bonchev–Trinajstić information content (AvgIpc) is 4.05. The number of halogens is 2. The number of aryl methyl sites for hydroxylation is 4. The van der Waals surface area contributed by atoms with Crippen LogP contribution in [-0.2, 0) is 36.0 Å². The Morgan fingerprint density at radius 3 is 2.36 bits per heavy atom. The van der Waals surface area contributed by atoms with Gasteiger partial charge in [0.05, 0.1) is 25.3 Å². The van der Waals surface area contributed by atoms with E-state index in [2.05, 4.69) is 40.5 Å². The summed E-state index contributed by atoms with van der Waals surface area (Å²) in [6, 6.07) is 9.53. The van der Waals surface area contributed by atoms with Crippen molar-refractivity contribution >= 4 is 51.4 Å². The van der Waals surface area contributed by atoms with E-state index >= 15 is 0 Å². The van der Waals surface area contributed by atoms with Crippen LogP contribution < -0.4 is 20.9 Å². The van der Waals surface area contributed by atoms with E-state index in [1.165, 1.54) is 24.2 Å². The molecular weight excluding hydrogens is 873 g/mol. The van der Waals surface area contributed by atoms with Gasteiger partial charge in [0.2, 0.25) is 11.8 Å². The molecule has 3 aromatic heterocycles. The molecule has 0 spiro atoms. The SMILES string of the molecule is CC(=O)N1CCc2c(c(N3CCCc4cc(-c5cnn(C)c5)c(C(F)F)cc43)nn2C2CCN(CC(=O)NCCCCCCCCCNc3ccc(C(=O)Nc4ncc(C)s4)c(C)c3)CC2)C1. The zero-order valence-corrected chi connectivity index (χ0v) is 40.2. The summed E-state index contributed by atoms with van der Waals surface area (Å²) in [7, 11) is 1.78. The number of rotatable bonds is 19. The maximum Gasteiger partial charge on any atom is 0.264 e. The first-order valence-electron chi connectivity index (χ1n) is 24.1. The summed E-state index contributed by atoms with van der Waals surface area (Å²) in [6.07, 6.45) is 14.3. The third-order valence-corrected chi connectivity index (χ3v) is 14.3. The van der Waals surface area contributed by atoms with Crippen LogP contribution >= 0.6 is 11.3 Å². The van der Waals surface area contributed by atoms with Gasteiger partial charge in [0.25, 0.3) is 12.3 Å². The Labute approximate surface area is 396 Å². The number of hydrogen-bond donors (Lipinski definition) is 3. The first kappa shape index (κ1) is 47.8. The van der Waals surface area contributed by atoms with Gasteiger partial charge >= 0.3 is 0 Å². The molecule has 0 bridgehead atoms. The van der Waals surface area contributed by atoms with Gasteiger partial charge in [0.15, 0.2) is 10.9 Å². The van der Waals surface area contributed by atoms with Crippen molar-refractivity contribution in [2.24, 2.45) is 7.05 Å². The predicted molar refractivity (Wildman–Crippen MR) is 260 cm³/mol. The number of carbonyl (C=O) groups is 3. The first-order valence-corrected chi connectivity index (χ1v) is 24.9. The molecule has 2 aromatic carbocycles. The maximum absolute atomic E-state index is 14.7. The fourth-order valence-corrected chi connectivity index (χ4v) is 10.5. The monoisotopic (exact) mass is 937 g/mol. The summed E-state index contributed by atoms with van der Waals surface area (Å²) in [5, 5.41) is 19.6. The predicted octanol–water partition coefficient (Wildman–Crippen LogP) is 9.13. The Morgan fingerprint density at radius 2 is 1.67 bits per heavy atom.